The minimum Gasteiger partial charge on any atom is -0.393 e. The summed E-state index contributed by atoms with van der Waals surface area (Å²) in [7, 11) is 3.87. The van der Waals surface area contributed by atoms with E-state index in [-0.39, 0.29) is 45.7 Å². The maximum Gasteiger partial charge on any atom is 0.246 e. The zero-order chi connectivity index (χ0) is 33.7. The minimum absolute atomic E-state index is 0.0972. The highest BCUT2D eigenvalue weighted by atomic mass is 16.3. The highest BCUT2D eigenvalue weighted by Crippen LogP contribution is 2.66. The molecule has 6 fully saturated rings. The molecule has 8 aliphatic rings. The first-order valence-electron chi connectivity index (χ1n) is 19.4. The van der Waals surface area contributed by atoms with Gasteiger partial charge in [-0.15, -0.1) is 0 Å². The van der Waals surface area contributed by atoms with Gasteiger partial charge in [-0.05, 0) is 147 Å². The fourth-order valence-corrected chi connectivity index (χ4v) is 13.7. The average Bonchev–Trinajstić information content (AvgIpc) is 3.43. The number of aliphatic hydroxyl groups excluding tert-OH is 2. The van der Waals surface area contributed by atoms with E-state index >= 15 is 0 Å². The predicted molar refractivity (Wildman–Crippen MR) is 186 cm³/mol. The number of nitrogens with zero attached hydrogens (tertiary/aromatic N) is 2. The third kappa shape index (κ3) is 5.06. The first-order valence-corrected chi connectivity index (χ1v) is 19.4. The molecule has 0 bridgehead atoms. The van der Waals surface area contributed by atoms with Gasteiger partial charge in [-0.2, -0.15) is 0 Å². The molecule has 8 rings (SSSR count). The number of likely N-dealkylation sites (N-methyl/N-ethyl adjacent to an activating group) is 2. The number of allylic oxidation sites excluding steroid dienone is 2. The SMILES string of the molecule is CC1C[C@@H]2[C@H](CC[C@]3(C)C(O)CC[C@@H]23)[C@@]2(C)CCN(C)C(=O)C=C12.CN1CC[C@@]2(C)C(=CC1=O)CC[C@@H]1[C@@H]2CC[C@]2(C)C(O)CC[C@@H]12. The maximum atomic E-state index is 12.4. The Labute approximate surface area is 284 Å². The summed E-state index contributed by atoms with van der Waals surface area (Å²) >= 11 is 0. The number of hydrogen-bond donors (Lipinski definition) is 2. The Balaban J connectivity index is 0.000000150. The summed E-state index contributed by atoms with van der Waals surface area (Å²) in [5.41, 5.74) is 3.47. The topological polar surface area (TPSA) is 81.1 Å². The van der Waals surface area contributed by atoms with E-state index in [4.69, 9.17) is 0 Å². The Morgan fingerprint density at radius 3 is 1.74 bits per heavy atom. The molecule has 2 aliphatic heterocycles. The Bertz CT molecular complexity index is 1340. The van der Waals surface area contributed by atoms with Crippen LogP contribution in [0.2, 0.25) is 0 Å². The van der Waals surface area contributed by atoms with E-state index in [9.17, 15) is 19.8 Å². The highest BCUT2D eigenvalue weighted by Gasteiger charge is 2.61. The van der Waals surface area contributed by atoms with Crippen molar-refractivity contribution in [2.24, 2.45) is 63.1 Å². The fourth-order valence-electron chi connectivity index (χ4n) is 13.7. The van der Waals surface area contributed by atoms with Gasteiger partial charge in [-0.1, -0.05) is 45.8 Å². The summed E-state index contributed by atoms with van der Waals surface area (Å²) in [6, 6.07) is 0. The Kier molecular flexibility index (Phi) is 8.42. The lowest BCUT2D eigenvalue weighted by atomic mass is 9.46. The van der Waals surface area contributed by atoms with Crippen LogP contribution in [-0.4, -0.2) is 71.2 Å². The van der Waals surface area contributed by atoms with Gasteiger partial charge in [-0.3, -0.25) is 9.59 Å². The molecule has 6 heteroatoms. The molecule has 2 N–H and O–H groups in total. The normalized spacial score (nSPS) is 50.6. The van der Waals surface area contributed by atoms with Gasteiger partial charge in [0.2, 0.25) is 11.8 Å². The van der Waals surface area contributed by atoms with E-state index in [1.54, 1.807) is 0 Å². The van der Waals surface area contributed by atoms with Crippen LogP contribution in [0, 0.1) is 63.1 Å². The summed E-state index contributed by atoms with van der Waals surface area (Å²) in [5, 5.41) is 21.1. The number of carbonyl (C=O) groups is 2. The van der Waals surface area contributed by atoms with Crippen molar-refractivity contribution in [3.8, 4) is 0 Å². The summed E-state index contributed by atoms with van der Waals surface area (Å²) in [6.45, 7) is 13.6. The summed E-state index contributed by atoms with van der Waals surface area (Å²) in [4.78, 5) is 28.5. The van der Waals surface area contributed by atoms with Crippen molar-refractivity contribution in [2.75, 3.05) is 27.2 Å². The Hall–Kier alpha value is -1.66. The fraction of sp³-hybridized carbons (Fsp3) is 0.854. The van der Waals surface area contributed by atoms with Crippen molar-refractivity contribution in [2.45, 2.75) is 130 Å². The predicted octanol–water partition coefficient (Wildman–Crippen LogP) is 7.00. The summed E-state index contributed by atoms with van der Waals surface area (Å²) in [6.07, 6.45) is 18.6. The number of amides is 2. The van der Waals surface area contributed by atoms with Gasteiger partial charge in [0.15, 0.2) is 0 Å². The van der Waals surface area contributed by atoms with Gasteiger partial charge in [0.1, 0.15) is 0 Å². The Morgan fingerprint density at radius 1 is 0.638 bits per heavy atom. The Morgan fingerprint density at radius 2 is 1.15 bits per heavy atom. The number of carbonyl (C=O) groups excluding carboxylic acids is 2. The molecule has 0 spiro atoms. The quantitative estimate of drug-likeness (QED) is 0.296. The van der Waals surface area contributed by atoms with Crippen LogP contribution in [0.3, 0.4) is 0 Å². The van der Waals surface area contributed by atoms with E-state index in [0.29, 0.717) is 29.6 Å². The van der Waals surface area contributed by atoms with Crippen LogP contribution in [0.15, 0.2) is 23.3 Å². The van der Waals surface area contributed by atoms with Crippen molar-refractivity contribution < 1.29 is 19.8 Å². The van der Waals surface area contributed by atoms with Crippen molar-refractivity contribution in [1.29, 1.82) is 0 Å². The third-order valence-corrected chi connectivity index (χ3v) is 17.0. The second-order valence-electron chi connectivity index (χ2n) is 18.8. The van der Waals surface area contributed by atoms with Gasteiger partial charge in [-0.25, -0.2) is 0 Å². The summed E-state index contributed by atoms with van der Waals surface area (Å²) in [5.74, 6) is 5.08. The molecule has 0 aromatic rings. The van der Waals surface area contributed by atoms with Gasteiger partial charge >= 0.3 is 0 Å². The number of aliphatic hydroxyl groups is 2. The van der Waals surface area contributed by atoms with Gasteiger partial charge in [0.05, 0.1) is 12.2 Å². The number of fused-ring (bicyclic) bond motifs is 10. The highest BCUT2D eigenvalue weighted by molar-refractivity contribution is 5.89. The number of hydrogen-bond acceptors (Lipinski definition) is 4. The van der Waals surface area contributed by atoms with Crippen LogP contribution in [-0.2, 0) is 9.59 Å². The molecule has 262 valence electrons. The van der Waals surface area contributed by atoms with Crippen molar-refractivity contribution >= 4 is 11.8 Å². The zero-order valence-electron chi connectivity index (χ0n) is 30.6. The van der Waals surface area contributed by atoms with Crippen LogP contribution in [0.25, 0.3) is 0 Å². The van der Waals surface area contributed by atoms with Crippen LogP contribution in [0.4, 0.5) is 0 Å². The zero-order valence-corrected chi connectivity index (χ0v) is 30.6. The molecule has 2 amide bonds. The standard InChI is InChI=1S/C21H33NO2.C20H31NO2/c1-13-11-14-15-5-6-18(23)21(15,3)8-7-16(14)20(2)9-10-22(4)19(24)12-17(13)20;1-19-10-11-21(3)18(23)12-13(19)4-5-14-15-6-7-17(22)20(15,2)9-8-16(14)19/h12-16,18,23H,5-11H2,1-4H3;12,14-17,22H,4-11H2,1-3H3/t13?,14-,15-,16-,18?,20+,21-;14-,15-,16-,17?,19-,20-/m00/s1. The van der Waals surface area contributed by atoms with E-state index in [1.165, 1.54) is 49.7 Å². The molecule has 0 saturated heterocycles. The van der Waals surface area contributed by atoms with Crippen LogP contribution in [0.5, 0.6) is 0 Å². The monoisotopic (exact) mass is 648 g/mol. The molecule has 13 atom stereocenters. The second kappa shape index (κ2) is 11.7. The molecule has 6 saturated carbocycles. The lowest BCUT2D eigenvalue weighted by molar-refractivity contribution is -0.125. The van der Waals surface area contributed by atoms with Gasteiger partial charge < -0.3 is 20.0 Å². The molecule has 3 unspecified atom stereocenters. The molecule has 47 heavy (non-hydrogen) atoms. The van der Waals surface area contributed by atoms with Crippen LogP contribution >= 0.6 is 0 Å². The lowest BCUT2D eigenvalue weighted by Gasteiger charge is -2.58. The van der Waals surface area contributed by atoms with Gasteiger partial charge in [0.25, 0.3) is 0 Å². The molecular weight excluding hydrogens is 584 g/mol. The molecule has 6 aliphatic carbocycles. The van der Waals surface area contributed by atoms with Crippen LogP contribution < -0.4 is 0 Å². The smallest absolute Gasteiger partial charge is 0.246 e. The van der Waals surface area contributed by atoms with E-state index < -0.39 is 0 Å². The van der Waals surface area contributed by atoms with Gasteiger partial charge in [0, 0.05) is 39.3 Å². The summed E-state index contributed by atoms with van der Waals surface area (Å²) < 4.78 is 0. The molecular formula is C41H64N2O4. The molecule has 2 heterocycles. The maximum absolute atomic E-state index is 12.4. The average molecular weight is 649 g/mol. The largest absolute Gasteiger partial charge is 0.393 e. The van der Waals surface area contributed by atoms with E-state index in [2.05, 4.69) is 34.6 Å². The first kappa shape index (κ1) is 33.8. The molecule has 0 aromatic heterocycles. The molecule has 0 radical (unpaired) electrons. The van der Waals surface area contributed by atoms with E-state index in [0.717, 1.165) is 69.9 Å². The van der Waals surface area contributed by atoms with Crippen molar-refractivity contribution in [3.63, 3.8) is 0 Å². The second-order valence-corrected chi connectivity index (χ2v) is 18.8. The first-order chi connectivity index (χ1) is 22.1. The lowest BCUT2D eigenvalue weighted by Crippen LogP contribution is -2.52. The molecule has 0 aromatic carbocycles. The minimum atomic E-state index is -0.106. The van der Waals surface area contributed by atoms with Crippen molar-refractivity contribution in [3.05, 3.63) is 23.3 Å². The third-order valence-electron chi connectivity index (χ3n) is 17.0. The van der Waals surface area contributed by atoms with E-state index in [1.807, 2.05) is 36.0 Å². The number of rotatable bonds is 0. The molecule has 6 nitrogen and oxygen atoms in total. The van der Waals surface area contributed by atoms with Crippen molar-refractivity contribution in [1.82, 2.24) is 9.80 Å². The van der Waals surface area contributed by atoms with Crippen LogP contribution in [0.1, 0.15) is 118 Å².